The van der Waals surface area contributed by atoms with Crippen LogP contribution in [0.2, 0.25) is 0 Å². The van der Waals surface area contributed by atoms with E-state index in [2.05, 4.69) is 0 Å². The molecular weight excluding hydrogens is 204 g/mol. The molecule has 1 aliphatic carbocycles. The van der Waals surface area contributed by atoms with Crippen molar-refractivity contribution in [2.45, 2.75) is 31.6 Å². The SMILES string of the molecule is Cc1cccc(C2(CN)CCC2)c1[N+](=O)[O-]. The molecule has 4 heteroatoms. The number of nitrogens with two attached hydrogens (primary N) is 1. The van der Waals surface area contributed by atoms with Gasteiger partial charge in [-0.25, -0.2) is 0 Å². The standard InChI is InChI=1S/C12H16N2O2/c1-9-4-2-5-10(11(9)14(15)16)12(8-13)6-3-7-12/h2,4-5H,3,6-8,13H2,1H3. The van der Waals surface area contributed by atoms with Crippen molar-refractivity contribution < 1.29 is 4.92 Å². The van der Waals surface area contributed by atoms with Crippen LogP contribution in [0.3, 0.4) is 0 Å². The number of rotatable bonds is 3. The van der Waals surface area contributed by atoms with E-state index in [9.17, 15) is 10.1 Å². The van der Waals surface area contributed by atoms with Crippen LogP contribution in [0.15, 0.2) is 18.2 Å². The Kier molecular flexibility index (Phi) is 2.68. The molecule has 0 aliphatic heterocycles. The molecule has 1 aromatic carbocycles. The van der Waals surface area contributed by atoms with Crippen molar-refractivity contribution in [1.82, 2.24) is 0 Å². The number of aryl methyl sites for hydroxylation is 1. The summed E-state index contributed by atoms with van der Waals surface area (Å²) in [4.78, 5) is 10.8. The van der Waals surface area contributed by atoms with E-state index >= 15 is 0 Å². The van der Waals surface area contributed by atoms with Crippen molar-refractivity contribution in [2.24, 2.45) is 5.73 Å². The third-order valence-corrected chi connectivity index (χ3v) is 3.69. The van der Waals surface area contributed by atoms with Gasteiger partial charge in [-0.05, 0) is 19.8 Å². The number of hydrogen-bond acceptors (Lipinski definition) is 3. The fourth-order valence-electron chi connectivity index (χ4n) is 2.52. The fraction of sp³-hybridized carbons (Fsp3) is 0.500. The van der Waals surface area contributed by atoms with Gasteiger partial charge in [0.05, 0.1) is 4.92 Å². The molecule has 16 heavy (non-hydrogen) atoms. The lowest BCUT2D eigenvalue weighted by molar-refractivity contribution is -0.386. The highest BCUT2D eigenvalue weighted by atomic mass is 16.6. The fourth-order valence-corrected chi connectivity index (χ4v) is 2.52. The lowest BCUT2D eigenvalue weighted by Crippen LogP contribution is -2.42. The van der Waals surface area contributed by atoms with Crippen molar-refractivity contribution in [1.29, 1.82) is 0 Å². The van der Waals surface area contributed by atoms with Crippen molar-refractivity contribution in [3.05, 3.63) is 39.4 Å². The summed E-state index contributed by atoms with van der Waals surface area (Å²) in [7, 11) is 0. The van der Waals surface area contributed by atoms with Crippen molar-refractivity contribution in [3.63, 3.8) is 0 Å². The summed E-state index contributed by atoms with van der Waals surface area (Å²) in [5.41, 5.74) is 7.46. The van der Waals surface area contributed by atoms with Crippen LogP contribution >= 0.6 is 0 Å². The molecule has 0 bridgehead atoms. The summed E-state index contributed by atoms with van der Waals surface area (Å²) in [6, 6.07) is 5.52. The van der Waals surface area contributed by atoms with Crippen molar-refractivity contribution in [3.8, 4) is 0 Å². The molecule has 2 N–H and O–H groups in total. The number of nitro groups is 1. The first-order valence-corrected chi connectivity index (χ1v) is 5.55. The maximum absolute atomic E-state index is 11.1. The zero-order valence-electron chi connectivity index (χ0n) is 9.40. The largest absolute Gasteiger partial charge is 0.330 e. The van der Waals surface area contributed by atoms with Crippen LogP contribution in [0.4, 0.5) is 5.69 Å². The summed E-state index contributed by atoms with van der Waals surface area (Å²) in [6.07, 6.45) is 3.05. The van der Waals surface area contributed by atoms with Gasteiger partial charge in [-0.15, -0.1) is 0 Å². The first kappa shape index (κ1) is 11.1. The highest BCUT2D eigenvalue weighted by Gasteiger charge is 2.42. The molecule has 0 amide bonds. The van der Waals surface area contributed by atoms with E-state index in [1.807, 2.05) is 12.1 Å². The minimum atomic E-state index is -0.277. The quantitative estimate of drug-likeness (QED) is 0.627. The van der Waals surface area contributed by atoms with Crippen LogP contribution in [0.1, 0.15) is 30.4 Å². The van der Waals surface area contributed by atoms with Gasteiger partial charge in [-0.2, -0.15) is 0 Å². The molecule has 0 saturated heterocycles. The summed E-state index contributed by atoms with van der Waals surface area (Å²) >= 11 is 0. The van der Waals surface area contributed by atoms with Gasteiger partial charge < -0.3 is 5.73 Å². The van der Waals surface area contributed by atoms with Gasteiger partial charge in [0.1, 0.15) is 0 Å². The molecule has 0 atom stereocenters. The third-order valence-electron chi connectivity index (χ3n) is 3.69. The molecule has 1 fully saturated rings. The normalized spacial score (nSPS) is 17.9. The second-order valence-corrected chi connectivity index (χ2v) is 4.57. The van der Waals surface area contributed by atoms with Crippen LogP contribution in [-0.4, -0.2) is 11.5 Å². The zero-order chi connectivity index (χ0) is 11.8. The van der Waals surface area contributed by atoms with E-state index in [0.29, 0.717) is 6.54 Å². The van der Waals surface area contributed by atoms with Gasteiger partial charge in [-0.3, -0.25) is 10.1 Å². The van der Waals surface area contributed by atoms with E-state index < -0.39 is 0 Å². The second kappa shape index (κ2) is 3.87. The first-order valence-electron chi connectivity index (χ1n) is 5.55. The van der Waals surface area contributed by atoms with Gasteiger partial charge in [0.25, 0.3) is 5.69 Å². The molecule has 4 nitrogen and oxygen atoms in total. The van der Waals surface area contributed by atoms with E-state index in [1.165, 1.54) is 0 Å². The topological polar surface area (TPSA) is 69.2 Å². The number of benzene rings is 1. The van der Waals surface area contributed by atoms with Gasteiger partial charge in [0, 0.05) is 23.1 Å². The average Bonchev–Trinajstić information content (AvgIpc) is 2.16. The lowest BCUT2D eigenvalue weighted by Gasteiger charge is -2.41. The average molecular weight is 220 g/mol. The van der Waals surface area contributed by atoms with Gasteiger partial charge in [0.2, 0.25) is 0 Å². The van der Waals surface area contributed by atoms with Crippen LogP contribution in [0.5, 0.6) is 0 Å². The molecule has 86 valence electrons. The molecule has 0 radical (unpaired) electrons. The Morgan fingerprint density at radius 3 is 2.62 bits per heavy atom. The minimum absolute atomic E-state index is 0.144. The Balaban J connectivity index is 2.55. The second-order valence-electron chi connectivity index (χ2n) is 4.57. The van der Waals surface area contributed by atoms with Gasteiger partial charge >= 0.3 is 0 Å². The Bertz CT molecular complexity index is 420. The van der Waals surface area contributed by atoms with Crippen LogP contribution < -0.4 is 5.73 Å². The van der Waals surface area contributed by atoms with E-state index in [4.69, 9.17) is 5.73 Å². The third kappa shape index (κ3) is 1.50. The molecule has 0 heterocycles. The first-order chi connectivity index (χ1) is 7.60. The maximum atomic E-state index is 11.1. The Hall–Kier alpha value is -1.42. The number of para-hydroxylation sites is 1. The number of nitro benzene ring substituents is 1. The highest BCUT2D eigenvalue weighted by molar-refractivity contribution is 5.52. The molecule has 1 aromatic rings. The highest BCUT2D eigenvalue weighted by Crippen LogP contribution is 2.46. The van der Waals surface area contributed by atoms with Crippen LogP contribution in [0.25, 0.3) is 0 Å². The molecule has 0 unspecified atom stereocenters. The van der Waals surface area contributed by atoms with Gasteiger partial charge in [-0.1, -0.05) is 24.6 Å². The predicted octanol–water partition coefficient (Wildman–Crippen LogP) is 2.28. The molecule has 0 spiro atoms. The minimum Gasteiger partial charge on any atom is -0.330 e. The maximum Gasteiger partial charge on any atom is 0.276 e. The number of nitrogens with zero attached hydrogens (tertiary/aromatic N) is 1. The van der Waals surface area contributed by atoms with E-state index in [-0.39, 0.29) is 16.0 Å². The molecule has 2 rings (SSSR count). The summed E-state index contributed by atoms with van der Waals surface area (Å²) < 4.78 is 0. The molecule has 1 saturated carbocycles. The van der Waals surface area contributed by atoms with Gasteiger partial charge in [0.15, 0.2) is 0 Å². The Labute approximate surface area is 94.6 Å². The van der Waals surface area contributed by atoms with E-state index in [0.717, 1.165) is 30.4 Å². The Morgan fingerprint density at radius 1 is 1.50 bits per heavy atom. The van der Waals surface area contributed by atoms with Crippen LogP contribution in [0, 0.1) is 17.0 Å². The predicted molar refractivity (Wildman–Crippen MR) is 62.4 cm³/mol. The van der Waals surface area contributed by atoms with Crippen LogP contribution in [-0.2, 0) is 5.41 Å². The molecule has 0 aromatic heterocycles. The van der Waals surface area contributed by atoms with Crippen molar-refractivity contribution >= 4 is 5.69 Å². The number of hydrogen-bond donors (Lipinski definition) is 1. The summed E-state index contributed by atoms with van der Waals surface area (Å²) in [5, 5.41) is 11.1. The monoisotopic (exact) mass is 220 g/mol. The lowest BCUT2D eigenvalue weighted by atomic mass is 9.64. The van der Waals surface area contributed by atoms with E-state index in [1.54, 1.807) is 13.0 Å². The molecule has 1 aliphatic rings. The molecular formula is C12H16N2O2. The van der Waals surface area contributed by atoms with Crippen molar-refractivity contribution in [2.75, 3.05) is 6.54 Å². The zero-order valence-corrected chi connectivity index (χ0v) is 9.40. The smallest absolute Gasteiger partial charge is 0.276 e. The Morgan fingerprint density at radius 2 is 2.19 bits per heavy atom. The summed E-state index contributed by atoms with van der Waals surface area (Å²) in [6.45, 7) is 2.28. The summed E-state index contributed by atoms with van der Waals surface area (Å²) in [5.74, 6) is 0.